The predicted molar refractivity (Wildman–Crippen MR) is 82.3 cm³/mol. The van der Waals surface area contributed by atoms with Crippen LogP contribution in [0.25, 0.3) is 0 Å². The highest BCUT2D eigenvalue weighted by Gasteiger charge is 2.23. The Bertz CT molecular complexity index is 391. The molecule has 0 bridgehead atoms. The Labute approximate surface area is 117 Å². The van der Waals surface area contributed by atoms with Gasteiger partial charge in [0.2, 0.25) is 0 Å². The highest BCUT2D eigenvalue weighted by molar-refractivity contribution is 5.40. The minimum Gasteiger partial charge on any atom is -0.399 e. The van der Waals surface area contributed by atoms with E-state index in [4.69, 9.17) is 5.73 Å². The van der Waals surface area contributed by atoms with Crippen LogP contribution in [0, 0.1) is 0 Å². The van der Waals surface area contributed by atoms with Crippen molar-refractivity contribution in [2.24, 2.45) is 0 Å². The third kappa shape index (κ3) is 4.22. The Balaban J connectivity index is 1.76. The molecule has 1 aromatic carbocycles. The second-order valence-electron chi connectivity index (χ2n) is 5.68. The molecule has 1 heterocycles. The molecule has 3 nitrogen and oxygen atoms in total. The van der Waals surface area contributed by atoms with E-state index in [1.165, 1.54) is 38.0 Å². The van der Waals surface area contributed by atoms with Gasteiger partial charge in [0, 0.05) is 24.8 Å². The highest BCUT2D eigenvalue weighted by Crippen LogP contribution is 2.17. The van der Waals surface area contributed by atoms with E-state index in [0.717, 1.165) is 24.7 Å². The van der Waals surface area contributed by atoms with Gasteiger partial charge in [-0.25, -0.2) is 0 Å². The average Bonchev–Trinajstić information content (AvgIpc) is 2.84. The summed E-state index contributed by atoms with van der Waals surface area (Å²) < 4.78 is 0. The third-order valence-corrected chi connectivity index (χ3v) is 4.16. The van der Waals surface area contributed by atoms with E-state index in [1.807, 2.05) is 12.1 Å². The van der Waals surface area contributed by atoms with Crippen LogP contribution in [0.5, 0.6) is 0 Å². The topological polar surface area (TPSA) is 32.5 Å². The van der Waals surface area contributed by atoms with Crippen molar-refractivity contribution in [1.29, 1.82) is 0 Å². The number of rotatable bonds is 6. The second kappa shape index (κ2) is 6.92. The van der Waals surface area contributed by atoms with Crippen LogP contribution in [0.1, 0.15) is 25.3 Å². The van der Waals surface area contributed by atoms with Gasteiger partial charge >= 0.3 is 0 Å². The van der Waals surface area contributed by atoms with Crippen molar-refractivity contribution in [2.75, 3.05) is 39.0 Å². The van der Waals surface area contributed by atoms with Crippen molar-refractivity contribution < 1.29 is 0 Å². The summed E-state index contributed by atoms with van der Waals surface area (Å²) in [4.78, 5) is 5.07. The quantitative estimate of drug-likeness (QED) is 0.797. The van der Waals surface area contributed by atoms with Gasteiger partial charge in [-0.1, -0.05) is 19.1 Å². The number of likely N-dealkylation sites (N-methyl/N-ethyl adjacent to an activating group) is 2. The molecule has 1 atom stereocenters. The molecule has 0 aromatic heterocycles. The van der Waals surface area contributed by atoms with Crippen molar-refractivity contribution in [3.63, 3.8) is 0 Å². The fraction of sp³-hybridized carbons (Fsp3) is 0.625. The first-order chi connectivity index (χ1) is 9.19. The fourth-order valence-corrected chi connectivity index (χ4v) is 3.04. The third-order valence-electron chi connectivity index (χ3n) is 4.16. The van der Waals surface area contributed by atoms with Crippen LogP contribution >= 0.6 is 0 Å². The van der Waals surface area contributed by atoms with Crippen LogP contribution in [0.4, 0.5) is 5.69 Å². The Hall–Kier alpha value is -1.06. The summed E-state index contributed by atoms with van der Waals surface area (Å²) in [5.41, 5.74) is 8.02. The van der Waals surface area contributed by atoms with E-state index in [2.05, 4.69) is 35.9 Å². The molecule has 19 heavy (non-hydrogen) atoms. The smallest absolute Gasteiger partial charge is 0.0316 e. The molecule has 1 aliphatic heterocycles. The number of nitrogens with zero attached hydrogens (tertiary/aromatic N) is 2. The van der Waals surface area contributed by atoms with Gasteiger partial charge in [0.25, 0.3) is 0 Å². The number of anilines is 1. The molecule has 0 saturated carbocycles. The van der Waals surface area contributed by atoms with Gasteiger partial charge in [-0.2, -0.15) is 0 Å². The first-order valence-corrected chi connectivity index (χ1v) is 7.46. The van der Waals surface area contributed by atoms with E-state index in [9.17, 15) is 0 Å². The predicted octanol–water partition coefficient (Wildman–Crippen LogP) is 2.23. The zero-order chi connectivity index (χ0) is 13.7. The number of nitrogen functional groups attached to an aromatic ring is 1. The van der Waals surface area contributed by atoms with Gasteiger partial charge in [0.1, 0.15) is 0 Å². The molecule has 3 heteroatoms. The number of nitrogens with two attached hydrogens (primary N) is 1. The zero-order valence-electron chi connectivity index (χ0n) is 12.3. The lowest BCUT2D eigenvalue weighted by Gasteiger charge is -2.27. The van der Waals surface area contributed by atoms with Crippen molar-refractivity contribution in [2.45, 2.75) is 32.2 Å². The molecule has 0 amide bonds. The maximum absolute atomic E-state index is 5.81. The molecule has 1 fully saturated rings. The zero-order valence-corrected chi connectivity index (χ0v) is 12.3. The first-order valence-electron chi connectivity index (χ1n) is 7.46. The van der Waals surface area contributed by atoms with Crippen LogP contribution in [0.3, 0.4) is 0 Å². The second-order valence-corrected chi connectivity index (χ2v) is 5.68. The molecule has 0 radical (unpaired) electrons. The fourth-order valence-electron chi connectivity index (χ4n) is 3.04. The molecule has 2 N–H and O–H groups in total. The van der Waals surface area contributed by atoms with Gasteiger partial charge in [-0.15, -0.1) is 0 Å². The van der Waals surface area contributed by atoms with Gasteiger partial charge in [-0.3, -0.25) is 4.90 Å². The van der Waals surface area contributed by atoms with Gasteiger partial charge in [0.15, 0.2) is 0 Å². The van der Waals surface area contributed by atoms with E-state index in [-0.39, 0.29) is 0 Å². The summed E-state index contributed by atoms with van der Waals surface area (Å²) in [7, 11) is 2.23. The summed E-state index contributed by atoms with van der Waals surface area (Å²) in [5.74, 6) is 0. The SMILES string of the molecule is CCN1CCCC1CN(C)CCc1cccc(N)c1. The standard InChI is InChI=1S/C16H27N3/c1-3-19-10-5-8-16(19)13-18(2)11-9-14-6-4-7-15(17)12-14/h4,6-7,12,16H,3,5,8-11,13,17H2,1-2H3. The van der Waals surface area contributed by atoms with E-state index >= 15 is 0 Å². The molecule has 2 rings (SSSR count). The largest absolute Gasteiger partial charge is 0.399 e. The highest BCUT2D eigenvalue weighted by atomic mass is 15.2. The lowest BCUT2D eigenvalue weighted by atomic mass is 10.1. The molecule has 1 aromatic rings. The minimum absolute atomic E-state index is 0.760. The van der Waals surface area contributed by atoms with Crippen LogP contribution < -0.4 is 5.73 Å². The molecular weight excluding hydrogens is 234 g/mol. The van der Waals surface area contributed by atoms with Crippen molar-refractivity contribution in [3.05, 3.63) is 29.8 Å². The molecular formula is C16H27N3. The first kappa shape index (κ1) is 14.4. The summed E-state index contributed by atoms with van der Waals surface area (Å²) in [5, 5.41) is 0. The van der Waals surface area contributed by atoms with Crippen LogP contribution in [-0.2, 0) is 6.42 Å². The molecule has 0 aliphatic carbocycles. The van der Waals surface area contributed by atoms with Gasteiger partial charge in [-0.05, 0) is 57.1 Å². The van der Waals surface area contributed by atoms with E-state index in [1.54, 1.807) is 0 Å². The Morgan fingerprint density at radius 1 is 1.42 bits per heavy atom. The van der Waals surface area contributed by atoms with Gasteiger partial charge in [0.05, 0.1) is 0 Å². The lowest BCUT2D eigenvalue weighted by Crippen LogP contribution is -2.39. The summed E-state index contributed by atoms with van der Waals surface area (Å²) in [6.45, 7) is 7.04. The van der Waals surface area contributed by atoms with Crippen LogP contribution in [0.15, 0.2) is 24.3 Å². The summed E-state index contributed by atoms with van der Waals surface area (Å²) in [6, 6.07) is 9.00. The molecule has 1 saturated heterocycles. The number of benzene rings is 1. The molecule has 106 valence electrons. The van der Waals surface area contributed by atoms with Crippen molar-refractivity contribution in [3.8, 4) is 0 Å². The van der Waals surface area contributed by atoms with Crippen LogP contribution in [-0.4, -0.2) is 49.1 Å². The summed E-state index contributed by atoms with van der Waals surface area (Å²) >= 11 is 0. The maximum atomic E-state index is 5.81. The van der Waals surface area contributed by atoms with E-state index in [0.29, 0.717) is 0 Å². The molecule has 1 aliphatic rings. The number of hydrogen-bond acceptors (Lipinski definition) is 3. The number of hydrogen-bond donors (Lipinski definition) is 1. The monoisotopic (exact) mass is 261 g/mol. The molecule has 1 unspecified atom stereocenters. The maximum Gasteiger partial charge on any atom is 0.0316 e. The number of likely N-dealkylation sites (tertiary alicyclic amines) is 1. The van der Waals surface area contributed by atoms with E-state index < -0.39 is 0 Å². The minimum atomic E-state index is 0.760. The lowest BCUT2D eigenvalue weighted by molar-refractivity contribution is 0.200. The summed E-state index contributed by atoms with van der Waals surface area (Å²) in [6.07, 6.45) is 3.80. The Morgan fingerprint density at radius 2 is 2.26 bits per heavy atom. The average molecular weight is 261 g/mol. The Kier molecular flexibility index (Phi) is 5.23. The van der Waals surface area contributed by atoms with Gasteiger partial charge < -0.3 is 10.6 Å². The van der Waals surface area contributed by atoms with Crippen LogP contribution in [0.2, 0.25) is 0 Å². The molecule has 0 spiro atoms. The van der Waals surface area contributed by atoms with Crippen molar-refractivity contribution in [1.82, 2.24) is 9.80 Å². The van der Waals surface area contributed by atoms with Crippen molar-refractivity contribution >= 4 is 5.69 Å². The Morgan fingerprint density at radius 3 is 3.00 bits per heavy atom. The normalized spacial score (nSPS) is 20.3.